The Balaban J connectivity index is 2.27. The number of rotatable bonds is 2. The van der Waals surface area contributed by atoms with Gasteiger partial charge in [0.1, 0.15) is 0 Å². The summed E-state index contributed by atoms with van der Waals surface area (Å²) in [5.74, 6) is 0. The Bertz CT molecular complexity index is 111. The fraction of sp³-hybridized carbons (Fsp3) is 1.00. The van der Waals surface area contributed by atoms with E-state index in [1.54, 1.807) is 0 Å². The van der Waals surface area contributed by atoms with Crippen LogP contribution in [0, 0.1) is 0 Å². The molecule has 1 rings (SSSR count). The van der Waals surface area contributed by atoms with E-state index in [1.165, 1.54) is 0 Å². The van der Waals surface area contributed by atoms with Crippen molar-refractivity contribution in [1.29, 1.82) is 0 Å². The molecule has 1 heterocycles. The molecule has 0 spiro atoms. The van der Waals surface area contributed by atoms with Gasteiger partial charge in [0.05, 0.1) is 5.50 Å². The summed E-state index contributed by atoms with van der Waals surface area (Å²) in [5.41, 5.74) is 0.253. The lowest BCUT2D eigenvalue weighted by Crippen LogP contribution is -2.47. The van der Waals surface area contributed by atoms with E-state index in [0.717, 1.165) is 32.6 Å². The van der Waals surface area contributed by atoms with Crippen molar-refractivity contribution >= 4 is 11.6 Å². The topological polar surface area (TPSA) is 6.48 Å². The van der Waals surface area contributed by atoms with E-state index < -0.39 is 0 Å². The highest BCUT2D eigenvalue weighted by atomic mass is 35.5. The lowest BCUT2D eigenvalue weighted by atomic mass is 10.3. The molecule has 0 unspecified atom stereocenters. The molecule has 0 aliphatic carbocycles. The van der Waals surface area contributed by atoms with Gasteiger partial charge in [-0.3, -0.25) is 4.90 Å². The molecule has 0 aromatic carbocycles. The normalized spacial score (nSPS) is 25.4. The van der Waals surface area contributed by atoms with Gasteiger partial charge in [-0.2, -0.15) is 0 Å². The lowest BCUT2D eigenvalue weighted by Gasteiger charge is -2.34. The van der Waals surface area contributed by atoms with Crippen LogP contribution in [0.5, 0.6) is 0 Å². The maximum Gasteiger partial charge on any atom is 0.0848 e. The van der Waals surface area contributed by atoms with Crippen molar-refractivity contribution in [3.05, 3.63) is 0 Å². The number of halogens is 1. The molecule has 2 nitrogen and oxygen atoms in total. The van der Waals surface area contributed by atoms with Crippen molar-refractivity contribution in [2.75, 3.05) is 33.2 Å². The molecule has 0 radical (unpaired) electrons. The Morgan fingerprint density at radius 1 is 1.27 bits per heavy atom. The molecular formula is C8H17ClN2. The van der Waals surface area contributed by atoms with Gasteiger partial charge in [-0.25, -0.2) is 0 Å². The first-order chi connectivity index (χ1) is 5.24. The Morgan fingerprint density at radius 3 is 2.27 bits per heavy atom. The molecule has 66 valence electrons. The van der Waals surface area contributed by atoms with Crippen LogP contribution in [-0.4, -0.2) is 48.5 Å². The van der Waals surface area contributed by atoms with E-state index >= 15 is 0 Å². The fourth-order valence-electron chi connectivity index (χ4n) is 1.36. The lowest BCUT2D eigenvalue weighted by molar-refractivity contribution is 0.140. The van der Waals surface area contributed by atoms with Gasteiger partial charge in [-0.15, -0.1) is 11.6 Å². The Hall–Kier alpha value is 0.210. The van der Waals surface area contributed by atoms with Crippen molar-refractivity contribution in [3.63, 3.8) is 0 Å². The molecule has 0 aromatic heterocycles. The first-order valence-electron chi connectivity index (χ1n) is 4.30. The first-order valence-corrected chi connectivity index (χ1v) is 4.74. The predicted molar refractivity (Wildman–Crippen MR) is 49.0 cm³/mol. The van der Waals surface area contributed by atoms with Crippen LogP contribution in [-0.2, 0) is 0 Å². The Kier molecular flexibility index (Phi) is 3.63. The second-order valence-corrected chi connectivity index (χ2v) is 3.69. The van der Waals surface area contributed by atoms with Gasteiger partial charge in [0.25, 0.3) is 0 Å². The van der Waals surface area contributed by atoms with E-state index in [1.807, 2.05) is 0 Å². The minimum absolute atomic E-state index is 0.253. The molecule has 1 aliphatic heterocycles. The summed E-state index contributed by atoms with van der Waals surface area (Å²) in [5, 5.41) is 0. The third-order valence-electron chi connectivity index (χ3n) is 2.27. The van der Waals surface area contributed by atoms with Crippen LogP contribution in [0.4, 0.5) is 0 Å². The summed E-state index contributed by atoms with van der Waals surface area (Å²) < 4.78 is 0. The zero-order valence-electron chi connectivity index (χ0n) is 7.39. The monoisotopic (exact) mass is 176 g/mol. The number of likely N-dealkylation sites (N-methyl/N-ethyl adjacent to an activating group) is 1. The quantitative estimate of drug-likeness (QED) is 0.461. The maximum absolute atomic E-state index is 6.10. The van der Waals surface area contributed by atoms with Crippen LogP contribution in [0.2, 0.25) is 0 Å². The van der Waals surface area contributed by atoms with Crippen molar-refractivity contribution in [1.82, 2.24) is 9.80 Å². The maximum atomic E-state index is 6.10. The first kappa shape index (κ1) is 9.30. The second-order valence-electron chi connectivity index (χ2n) is 3.18. The van der Waals surface area contributed by atoms with E-state index in [0.29, 0.717) is 0 Å². The van der Waals surface area contributed by atoms with Crippen molar-refractivity contribution in [3.8, 4) is 0 Å². The summed E-state index contributed by atoms with van der Waals surface area (Å²) >= 11 is 6.10. The van der Waals surface area contributed by atoms with Gasteiger partial charge >= 0.3 is 0 Å². The van der Waals surface area contributed by atoms with Gasteiger partial charge in [0.15, 0.2) is 0 Å². The SMILES string of the molecule is CC[C@H](Cl)N1CCN(C)CC1. The van der Waals surface area contributed by atoms with Crippen molar-refractivity contribution in [2.45, 2.75) is 18.8 Å². The number of hydrogen-bond acceptors (Lipinski definition) is 2. The average molecular weight is 177 g/mol. The third-order valence-corrected chi connectivity index (χ3v) is 2.86. The van der Waals surface area contributed by atoms with Crippen LogP contribution in [0.25, 0.3) is 0 Å². The number of alkyl halides is 1. The highest BCUT2D eigenvalue weighted by Gasteiger charge is 2.18. The molecule has 11 heavy (non-hydrogen) atoms. The van der Waals surface area contributed by atoms with Crippen molar-refractivity contribution in [2.24, 2.45) is 0 Å². The van der Waals surface area contributed by atoms with E-state index in [4.69, 9.17) is 11.6 Å². The number of piperazine rings is 1. The molecule has 0 saturated carbocycles. The predicted octanol–water partition coefficient (Wildman–Crippen LogP) is 1.21. The molecule has 0 amide bonds. The van der Waals surface area contributed by atoms with Crippen LogP contribution >= 0.6 is 11.6 Å². The van der Waals surface area contributed by atoms with Crippen LogP contribution < -0.4 is 0 Å². The zero-order chi connectivity index (χ0) is 8.27. The molecule has 1 fully saturated rings. The van der Waals surface area contributed by atoms with Gasteiger partial charge in [-0.1, -0.05) is 6.92 Å². The Labute approximate surface area is 74.1 Å². The van der Waals surface area contributed by atoms with E-state index in [9.17, 15) is 0 Å². The largest absolute Gasteiger partial charge is 0.304 e. The highest BCUT2D eigenvalue weighted by molar-refractivity contribution is 6.20. The van der Waals surface area contributed by atoms with E-state index in [2.05, 4.69) is 23.8 Å². The standard InChI is InChI=1S/C8H17ClN2/c1-3-8(9)11-6-4-10(2)5-7-11/h8H,3-7H2,1-2H3/t8-/m1/s1. The minimum Gasteiger partial charge on any atom is -0.304 e. The third kappa shape index (κ3) is 2.62. The smallest absolute Gasteiger partial charge is 0.0848 e. The molecule has 0 aromatic rings. The van der Waals surface area contributed by atoms with Crippen LogP contribution in [0.3, 0.4) is 0 Å². The molecule has 1 atom stereocenters. The van der Waals surface area contributed by atoms with Gasteiger partial charge < -0.3 is 4.90 Å². The minimum atomic E-state index is 0.253. The molecule has 1 saturated heterocycles. The number of nitrogens with zero attached hydrogens (tertiary/aromatic N) is 2. The second kappa shape index (κ2) is 4.29. The van der Waals surface area contributed by atoms with Crippen molar-refractivity contribution < 1.29 is 0 Å². The zero-order valence-corrected chi connectivity index (χ0v) is 8.14. The van der Waals surface area contributed by atoms with Crippen LogP contribution in [0.15, 0.2) is 0 Å². The summed E-state index contributed by atoms with van der Waals surface area (Å²) in [6.45, 7) is 6.69. The van der Waals surface area contributed by atoms with Gasteiger partial charge in [0, 0.05) is 26.2 Å². The molecule has 0 N–H and O–H groups in total. The van der Waals surface area contributed by atoms with Crippen LogP contribution in [0.1, 0.15) is 13.3 Å². The molecule has 0 bridgehead atoms. The number of hydrogen-bond donors (Lipinski definition) is 0. The Morgan fingerprint density at radius 2 is 1.82 bits per heavy atom. The highest BCUT2D eigenvalue weighted by Crippen LogP contribution is 2.11. The van der Waals surface area contributed by atoms with Gasteiger partial charge in [-0.05, 0) is 13.5 Å². The van der Waals surface area contributed by atoms with E-state index in [-0.39, 0.29) is 5.50 Å². The molecular weight excluding hydrogens is 160 g/mol. The fourth-order valence-corrected chi connectivity index (χ4v) is 1.56. The average Bonchev–Trinajstić information content (AvgIpc) is 2.05. The summed E-state index contributed by atoms with van der Waals surface area (Å²) in [6, 6.07) is 0. The molecule has 3 heteroatoms. The van der Waals surface area contributed by atoms with Gasteiger partial charge in [0.2, 0.25) is 0 Å². The molecule has 1 aliphatic rings. The summed E-state index contributed by atoms with van der Waals surface area (Å²) in [6.07, 6.45) is 1.05. The summed E-state index contributed by atoms with van der Waals surface area (Å²) in [4.78, 5) is 4.69. The summed E-state index contributed by atoms with van der Waals surface area (Å²) in [7, 11) is 2.16.